The van der Waals surface area contributed by atoms with Gasteiger partial charge in [-0.25, -0.2) is 4.79 Å². The number of hydrogen-bond acceptors (Lipinski definition) is 3. The van der Waals surface area contributed by atoms with Crippen molar-refractivity contribution in [2.75, 3.05) is 6.54 Å². The van der Waals surface area contributed by atoms with E-state index in [1.165, 1.54) is 0 Å². The highest BCUT2D eigenvalue weighted by atomic mass is 79.9. The summed E-state index contributed by atoms with van der Waals surface area (Å²) < 4.78 is 6.07. The molecule has 0 fully saturated rings. The van der Waals surface area contributed by atoms with Crippen molar-refractivity contribution < 1.29 is 9.53 Å². The van der Waals surface area contributed by atoms with Gasteiger partial charge in [0.05, 0.1) is 0 Å². The molecule has 0 aliphatic carbocycles. The van der Waals surface area contributed by atoms with Crippen LogP contribution in [0.4, 0.5) is 4.79 Å². The Labute approximate surface area is 116 Å². The van der Waals surface area contributed by atoms with E-state index in [0.29, 0.717) is 6.54 Å². The lowest BCUT2D eigenvalue weighted by atomic mass is 10.1. The Hall–Kier alpha value is -1.07. The fraction of sp³-hybridized carbons (Fsp3) is 0.462. The minimum absolute atomic E-state index is 0.270. The molecular formula is C13H19BrN2O2. The number of halogens is 1. The molecule has 100 valence electrons. The molecule has 1 aromatic rings. The van der Waals surface area contributed by atoms with Crippen LogP contribution >= 0.6 is 15.9 Å². The predicted octanol–water partition coefficient (Wildman–Crippen LogP) is 2.97. The van der Waals surface area contributed by atoms with Crippen LogP contribution in [0.3, 0.4) is 0 Å². The summed E-state index contributed by atoms with van der Waals surface area (Å²) in [5.74, 6) is 0. The third-order valence-electron chi connectivity index (χ3n) is 2.17. The van der Waals surface area contributed by atoms with Gasteiger partial charge in [0, 0.05) is 17.1 Å². The number of rotatable bonds is 3. The van der Waals surface area contributed by atoms with Gasteiger partial charge in [-0.05, 0) is 32.4 Å². The van der Waals surface area contributed by atoms with Gasteiger partial charge in [0.2, 0.25) is 0 Å². The molecule has 5 heteroatoms. The number of nitrogens with one attached hydrogen (secondary N) is 1. The van der Waals surface area contributed by atoms with Crippen LogP contribution in [-0.4, -0.2) is 18.2 Å². The maximum atomic E-state index is 11.5. The van der Waals surface area contributed by atoms with Gasteiger partial charge in [0.1, 0.15) is 5.60 Å². The standard InChI is InChI=1S/C13H19BrN2O2/c1-13(2,3)18-12(17)16-8-11(15)9-6-4-5-7-10(9)14/h4-7,11H,8,15H2,1-3H3,(H,16,17)/t11-/m0/s1. The second-order valence-corrected chi connectivity index (χ2v) is 5.87. The number of ether oxygens (including phenoxy) is 1. The summed E-state index contributed by atoms with van der Waals surface area (Å²) in [6.07, 6.45) is -0.454. The SMILES string of the molecule is CC(C)(C)OC(=O)NC[C@H](N)c1ccccc1Br. The van der Waals surface area contributed by atoms with E-state index >= 15 is 0 Å². The molecule has 1 amide bonds. The number of carbonyl (C=O) groups is 1. The van der Waals surface area contributed by atoms with Crippen LogP contribution in [-0.2, 0) is 4.74 Å². The van der Waals surface area contributed by atoms with Gasteiger partial charge in [0.25, 0.3) is 0 Å². The zero-order valence-corrected chi connectivity index (χ0v) is 12.5. The Bertz CT molecular complexity index is 416. The summed E-state index contributed by atoms with van der Waals surface area (Å²) in [6, 6.07) is 7.40. The van der Waals surface area contributed by atoms with Crippen LogP contribution in [0.1, 0.15) is 32.4 Å². The van der Waals surface area contributed by atoms with E-state index in [1.807, 2.05) is 45.0 Å². The van der Waals surface area contributed by atoms with Gasteiger partial charge >= 0.3 is 6.09 Å². The molecule has 1 rings (SSSR count). The van der Waals surface area contributed by atoms with Crippen molar-refractivity contribution in [2.24, 2.45) is 5.73 Å². The summed E-state index contributed by atoms with van der Waals surface area (Å²) in [5, 5.41) is 2.66. The zero-order chi connectivity index (χ0) is 13.8. The second-order valence-electron chi connectivity index (χ2n) is 5.01. The Balaban J connectivity index is 2.49. The maximum absolute atomic E-state index is 11.5. The van der Waals surface area contributed by atoms with Gasteiger partial charge in [-0.3, -0.25) is 0 Å². The first kappa shape index (κ1) is 15.0. The number of benzene rings is 1. The number of amides is 1. The van der Waals surface area contributed by atoms with Crippen molar-refractivity contribution in [1.29, 1.82) is 0 Å². The third kappa shape index (κ3) is 5.06. The molecule has 1 atom stereocenters. The normalized spacial score (nSPS) is 12.9. The first-order valence-electron chi connectivity index (χ1n) is 5.76. The molecule has 3 N–H and O–H groups in total. The van der Waals surface area contributed by atoms with Crippen LogP contribution in [0.2, 0.25) is 0 Å². The average Bonchev–Trinajstić information content (AvgIpc) is 2.24. The van der Waals surface area contributed by atoms with E-state index in [-0.39, 0.29) is 6.04 Å². The highest BCUT2D eigenvalue weighted by molar-refractivity contribution is 9.10. The van der Waals surface area contributed by atoms with Crippen molar-refractivity contribution in [2.45, 2.75) is 32.4 Å². The Morgan fingerprint density at radius 2 is 2.06 bits per heavy atom. The molecule has 0 spiro atoms. The fourth-order valence-corrected chi connectivity index (χ4v) is 1.97. The Morgan fingerprint density at radius 3 is 2.61 bits per heavy atom. The minimum atomic E-state index is -0.499. The van der Waals surface area contributed by atoms with E-state index in [0.717, 1.165) is 10.0 Å². The summed E-state index contributed by atoms with van der Waals surface area (Å²) >= 11 is 3.43. The van der Waals surface area contributed by atoms with Crippen molar-refractivity contribution in [1.82, 2.24) is 5.32 Å². The monoisotopic (exact) mass is 314 g/mol. The summed E-state index contributed by atoms with van der Waals surface area (Å²) in [4.78, 5) is 11.5. The molecule has 0 aromatic heterocycles. The molecule has 0 aliphatic heterocycles. The van der Waals surface area contributed by atoms with E-state index in [9.17, 15) is 4.79 Å². The van der Waals surface area contributed by atoms with Crippen LogP contribution in [0, 0.1) is 0 Å². The molecular weight excluding hydrogens is 296 g/mol. The molecule has 0 heterocycles. The third-order valence-corrected chi connectivity index (χ3v) is 2.89. The lowest BCUT2D eigenvalue weighted by Gasteiger charge is -2.21. The maximum Gasteiger partial charge on any atom is 0.407 e. The van der Waals surface area contributed by atoms with Gasteiger partial charge in [-0.2, -0.15) is 0 Å². The van der Waals surface area contributed by atoms with Crippen LogP contribution in [0.5, 0.6) is 0 Å². The molecule has 0 unspecified atom stereocenters. The first-order valence-corrected chi connectivity index (χ1v) is 6.56. The molecule has 0 saturated heterocycles. The first-order chi connectivity index (χ1) is 8.29. The topological polar surface area (TPSA) is 64.3 Å². The smallest absolute Gasteiger partial charge is 0.407 e. The largest absolute Gasteiger partial charge is 0.444 e. The second kappa shape index (κ2) is 6.20. The van der Waals surface area contributed by atoms with E-state index < -0.39 is 11.7 Å². The van der Waals surface area contributed by atoms with Gasteiger partial charge in [-0.1, -0.05) is 34.1 Å². The number of nitrogens with two attached hydrogens (primary N) is 1. The number of carbonyl (C=O) groups excluding carboxylic acids is 1. The molecule has 1 aromatic carbocycles. The number of alkyl carbamates (subject to hydrolysis) is 1. The molecule has 4 nitrogen and oxygen atoms in total. The molecule has 0 saturated carbocycles. The van der Waals surface area contributed by atoms with Gasteiger partial charge in [0.15, 0.2) is 0 Å². The highest BCUT2D eigenvalue weighted by Gasteiger charge is 2.17. The zero-order valence-electron chi connectivity index (χ0n) is 10.9. The quantitative estimate of drug-likeness (QED) is 0.901. The van der Waals surface area contributed by atoms with Gasteiger partial charge < -0.3 is 15.8 Å². The number of hydrogen-bond donors (Lipinski definition) is 2. The summed E-state index contributed by atoms with van der Waals surface area (Å²) in [7, 11) is 0. The highest BCUT2D eigenvalue weighted by Crippen LogP contribution is 2.21. The van der Waals surface area contributed by atoms with Gasteiger partial charge in [-0.15, -0.1) is 0 Å². The van der Waals surface area contributed by atoms with Crippen molar-refractivity contribution in [3.63, 3.8) is 0 Å². The average molecular weight is 315 g/mol. The van der Waals surface area contributed by atoms with E-state index in [4.69, 9.17) is 10.5 Å². The lowest BCUT2D eigenvalue weighted by Crippen LogP contribution is -2.36. The predicted molar refractivity (Wildman–Crippen MR) is 75.3 cm³/mol. The Morgan fingerprint density at radius 1 is 1.44 bits per heavy atom. The van der Waals surface area contributed by atoms with Crippen molar-refractivity contribution >= 4 is 22.0 Å². The van der Waals surface area contributed by atoms with Crippen LogP contribution in [0.15, 0.2) is 28.7 Å². The Kier molecular flexibility index (Phi) is 5.16. The summed E-state index contributed by atoms with van der Waals surface area (Å²) in [5.41, 5.74) is 6.46. The van der Waals surface area contributed by atoms with Crippen LogP contribution < -0.4 is 11.1 Å². The van der Waals surface area contributed by atoms with E-state index in [2.05, 4.69) is 21.2 Å². The molecule has 18 heavy (non-hydrogen) atoms. The lowest BCUT2D eigenvalue weighted by molar-refractivity contribution is 0.0524. The minimum Gasteiger partial charge on any atom is -0.444 e. The fourth-order valence-electron chi connectivity index (χ4n) is 1.39. The molecule has 0 aliphatic rings. The summed E-state index contributed by atoms with van der Waals surface area (Å²) in [6.45, 7) is 5.79. The van der Waals surface area contributed by atoms with E-state index in [1.54, 1.807) is 0 Å². The molecule has 0 radical (unpaired) electrons. The molecule has 0 bridgehead atoms. The van der Waals surface area contributed by atoms with Crippen molar-refractivity contribution in [3.8, 4) is 0 Å². The van der Waals surface area contributed by atoms with Crippen LogP contribution in [0.25, 0.3) is 0 Å². The van der Waals surface area contributed by atoms with Crippen molar-refractivity contribution in [3.05, 3.63) is 34.3 Å².